The van der Waals surface area contributed by atoms with E-state index in [0.29, 0.717) is 24.4 Å². The van der Waals surface area contributed by atoms with Gasteiger partial charge in [-0.25, -0.2) is 0 Å². The van der Waals surface area contributed by atoms with Crippen LogP contribution in [0.4, 0.5) is 5.69 Å². The van der Waals surface area contributed by atoms with Gasteiger partial charge in [0.25, 0.3) is 0 Å². The van der Waals surface area contributed by atoms with Crippen LogP contribution < -0.4 is 15.4 Å². The molecule has 5 heteroatoms. The molecule has 1 aliphatic rings. The summed E-state index contributed by atoms with van der Waals surface area (Å²) in [6.07, 6.45) is 0.364. The van der Waals surface area contributed by atoms with E-state index in [-0.39, 0.29) is 17.7 Å². The molecule has 1 aliphatic heterocycles. The number of phenolic OH excluding ortho intramolecular Hbond substituents is 1. The quantitative estimate of drug-likeness (QED) is 0.762. The first-order valence-corrected chi connectivity index (χ1v) is 5.04. The van der Waals surface area contributed by atoms with Crippen LogP contribution in [0.25, 0.3) is 0 Å². The van der Waals surface area contributed by atoms with Crippen molar-refractivity contribution in [2.24, 2.45) is 5.73 Å². The number of benzene rings is 1. The van der Waals surface area contributed by atoms with Crippen molar-refractivity contribution >= 4 is 11.6 Å². The van der Waals surface area contributed by atoms with Gasteiger partial charge in [-0.15, -0.1) is 0 Å². The van der Waals surface area contributed by atoms with Crippen LogP contribution in [0.5, 0.6) is 11.5 Å². The van der Waals surface area contributed by atoms with Crippen LogP contribution in [-0.2, 0) is 4.79 Å². The first kappa shape index (κ1) is 10.8. The van der Waals surface area contributed by atoms with Crippen LogP contribution in [0.15, 0.2) is 18.2 Å². The molecule has 1 amide bonds. The van der Waals surface area contributed by atoms with Crippen molar-refractivity contribution in [2.75, 3.05) is 18.6 Å². The van der Waals surface area contributed by atoms with E-state index in [9.17, 15) is 9.90 Å². The Labute approximate surface area is 93.4 Å². The van der Waals surface area contributed by atoms with Gasteiger partial charge in [0.2, 0.25) is 5.91 Å². The Morgan fingerprint density at radius 1 is 1.56 bits per heavy atom. The highest BCUT2D eigenvalue weighted by Gasteiger charge is 2.28. The molecule has 0 radical (unpaired) electrons. The summed E-state index contributed by atoms with van der Waals surface area (Å²) in [5.74, 6) is 0.410. The van der Waals surface area contributed by atoms with Crippen LogP contribution in [-0.4, -0.2) is 30.7 Å². The third-order valence-corrected chi connectivity index (χ3v) is 2.63. The summed E-state index contributed by atoms with van der Waals surface area (Å²) in [4.78, 5) is 13.2. The normalized spacial score (nSPS) is 20.2. The summed E-state index contributed by atoms with van der Waals surface area (Å²) >= 11 is 0. The van der Waals surface area contributed by atoms with Crippen molar-refractivity contribution < 1.29 is 14.6 Å². The van der Waals surface area contributed by atoms with E-state index in [1.165, 1.54) is 13.2 Å². The maximum atomic E-state index is 11.6. The molecule has 1 aromatic carbocycles. The first-order valence-electron chi connectivity index (χ1n) is 5.04. The zero-order valence-corrected chi connectivity index (χ0v) is 9.01. The monoisotopic (exact) mass is 222 g/mol. The first-order chi connectivity index (χ1) is 7.61. The van der Waals surface area contributed by atoms with Gasteiger partial charge in [0.05, 0.1) is 7.11 Å². The van der Waals surface area contributed by atoms with Gasteiger partial charge in [0.1, 0.15) is 0 Å². The third-order valence-electron chi connectivity index (χ3n) is 2.63. The molecule has 1 unspecified atom stereocenters. The van der Waals surface area contributed by atoms with E-state index in [0.717, 1.165) is 0 Å². The SMILES string of the molecule is COc1cc(N2CC(N)CC2=O)ccc1O. The number of phenols is 1. The van der Waals surface area contributed by atoms with Gasteiger partial charge >= 0.3 is 0 Å². The number of nitrogens with two attached hydrogens (primary N) is 1. The molecule has 1 fully saturated rings. The van der Waals surface area contributed by atoms with Crippen molar-refractivity contribution in [2.45, 2.75) is 12.5 Å². The molecule has 0 aromatic heterocycles. The fourth-order valence-corrected chi connectivity index (χ4v) is 1.82. The molecule has 0 bridgehead atoms. The lowest BCUT2D eigenvalue weighted by Gasteiger charge is -2.17. The molecular weight excluding hydrogens is 208 g/mol. The minimum atomic E-state index is -0.118. The summed E-state index contributed by atoms with van der Waals surface area (Å²) in [7, 11) is 1.47. The maximum absolute atomic E-state index is 11.6. The number of nitrogens with zero attached hydrogens (tertiary/aromatic N) is 1. The van der Waals surface area contributed by atoms with Gasteiger partial charge in [-0.1, -0.05) is 0 Å². The molecule has 0 saturated carbocycles. The largest absolute Gasteiger partial charge is 0.504 e. The molecule has 3 N–H and O–H groups in total. The van der Waals surface area contributed by atoms with E-state index in [4.69, 9.17) is 10.5 Å². The topological polar surface area (TPSA) is 75.8 Å². The molecule has 86 valence electrons. The summed E-state index contributed by atoms with van der Waals surface area (Å²) in [5.41, 5.74) is 6.41. The molecule has 16 heavy (non-hydrogen) atoms. The smallest absolute Gasteiger partial charge is 0.228 e. The zero-order valence-electron chi connectivity index (χ0n) is 9.01. The second-order valence-corrected chi connectivity index (χ2v) is 3.82. The standard InChI is InChI=1S/C11H14N2O3/c1-16-10-5-8(2-3-9(10)14)13-6-7(12)4-11(13)15/h2-3,5,7,14H,4,6,12H2,1H3. The summed E-state index contributed by atoms with van der Waals surface area (Å²) in [5, 5.41) is 9.44. The van der Waals surface area contributed by atoms with Crippen LogP contribution in [0.1, 0.15) is 6.42 Å². The lowest BCUT2D eigenvalue weighted by atomic mass is 10.2. The van der Waals surface area contributed by atoms with E-state index >= 15 is 0 Å². The second-order valence-electron chi connectivity index (χ2n) is 3.82. The van der Waals surface area contributed by atoms with Gasteiger partial charge in [0, 0.05) is 30.8 Å². The number of rotatable bonds is 2. The van der Waals surface area contributed by atoms with Gasteiger partial charge < -0.3 is 20.5 Å². The molecule has 1 heterocycles. The Kier molecular flexibility index (Phi) is 2.70. The Bertz CT molecular complexity index is 420. The maximum Gasteiger partial charge on any atom is 0.228 e. The minimum Gasteiger partial charge on any atom is -0.504 e. The van der Waals surface area contributed by atoms with Crippen molar-refractivity contribution in [3.8, 4) is 11.5 Å². The predicted octanol–water partition coefficient (Wildman–Crippen LogP) is 0.465. The number of amides is 1. The Morgan fingerprint density at radius 2 is 2.31 bits per heavy atom. The average molecular weight is 222 g/mol. The number of carbonyl (C=O) groups excluding carboxylic acids is 1. The van der Waals surface area contributed by atoms with Crippen molar-refractivity contribution in [1.82, 2.24) is 0 Å². The van der Waals surface area contributed by atoms with Crippen molar-refractivity contribution in [1.29, 1.82) is 0 Å². The summed E-state index contributed by atoms with van der Waals surface area (Å²) in [6, 6.07) is 4.69. The van der Waals surface area contributed by atoms with E-state index < -0.39 is 0 Å². The summed E-state index contributed by atoms with van der Waals surface area (Å²) in [6.45, 7) is 0.507. The number of carbonyl (C=O) groups is 1. The Hall–Kier alpha value is -1.75. The van der Waals surface area contributed by atoms with Crippen LogP contribution in [0.2, 0.25) is 0 Å². The molecule has 0 spiro atoms. The second kappa shape index (κ2) is 4.02. The van der Waals surface area contributed by atoms with Crippen LogP contribution >= 0.6 is 0 Å². The van der Waals surface area contributed by atoms with E-state index in [2.05, 4.69) is 0 Å². The van der Waals surface area contributed by atoms with Gasteiger partial charge in [0.15, 0.2) is 11.5 Å². The summed E-state index contributed by atoms with van der Waals surface area (Å²) < 4.78 is 4.99. The van der Waals surface area contributed by atoms with Crippen molar-refractivity contribution in [3.05, 3.63) is 18.2 Å². The van der Waals surface area contributed by atoms with Crippen LogP contribution in [0, 0.1) is 0 Å². The van der Waals surface area contributed by atoms with E-state index in [1.807, 2.05) is 0 Å². The van der Waals surface area contributed by atoms with E-state index in [1.54, 1.807) is 17.0 Å². The van der Waals surface area contributed by atoms with Gasteiger partial charge in [-0.2, -0.15) is 0 Å². The lowest BCUT2D eigenvalue weighted by Crippen LogP contribution is -2.27. The van der Waals surface area contributed by atoms with Crippen LogP contribution in [0.3, 0.4) is 0 Å². The number of methoxy groups -OCH3 is 1. The highest BCUT2D eigenvalue weighted by atomic mass is 16.5. The predicted molar refractivity (Wildman–Crippen MR) is 59.6 cm³/mol. The zero-order chi connectivity index (χ0) is 11.7. The third kappa shape index (κ3) is 1.81. The number of hydrogen-bond acceptors (Lipinski definition) is 4. The number of hydrogen-bond donors (Lipinski definition) is 2. The Morgan fingerprint density at radius 3 is 2.88 bits per heavy atom. The molecule has 1 saturated heterocycles. The highest BCUT2D eigenvalue weighted by Crippen LogP contribution is 2.31. The van der Waals surface area contributed by atoms with Gasteiger partial charge in [-0.05, 0) is 12.1 Å². The molecular formula is C11H14N2O3. The number of aromatic hydroxyl groups is 1. The number of anilines is 1. The molecule has 1 atom stereocenters. The molecule has 2 rings (SSSR count). The fraction of sp³-hybridized carbons (Fsp3) is 0.364. The highest BCUT2D eigenvalue weighted by molar-refractivity contribution is 5.96. The van der Waals surface area contributed by atoms with Gasteiger partial charge in [-0.3, -0.25) is 4.79 Å². The molecule has 5 nitrogen and oxygen atoms in total. The molecule has 1 aromatic rings. The Balaban J connectivity index is 2.30. The average Bonchev–Trinajstić information content (AvgIpc) is 2.59. The molecule has 0 aliphatic carbocycles. The van der Waals surface area contributed by atoms with Crippen molar-refractivity contribution in [3.63, 3.8) is 0 Å². The fourth-order valence-electron chi connectivity index (χ4n) is 1.82. The lowest BCUT2D eigenvalue weighted by molar-refractivity contribution is -0.117. The minimum absolute atomic E-state index is 0.000225. The number of ether oxygens (including phenoxy) is 1.